The molecule has 3 nitrogen and oxygen atoms in total. The van der Waals surface area contributed by atoms with Gasteiger partial charge < -0.3 is 15.2 Å². The zero-order chi connectivity index (χ0) is 12.8. The highest BCUT2D eigenvalue weighted by Crippen LogP contribution is 2.21. The van der Waals surface area contributed by atoms with E-state index >= 15 is 0 Å². The molecule has 0 aliphatic rings. The molecule has 18 heavy (non-hydrogen) atoms. The third kappa shape index (κ3) is 3.02. The van der Waals surface area contributed by atoms with E-state index in [1.165, 1.54) is 0 Å². The van der Waals surface area contributed by atoms with Crippen molar-refractivity contribution in [2.24, 2.45) is 0 Å². The van der Waals surface area contributed by atoms with Crippen LogP contribution in [-0.4, -0.2) is 18.8 Å². The number of nitrogens with one attached hydrogen (secondary N) is 1. The number of ether oxygens (including phenoxy) is 1. The van der Waals surface area contributed by atoms with Crippen LogP contribution < -0.4 is 10.1 Å². The summed E-state index contributed by atoms with van der Waals surface area (Å²) < 4.78 is 5.11. The van der Waals surface area contributed by atoms with Gasteiger partial charge in [0.2, 0.25) is 0 Å². The maximum atomic E-state index is 9.45. The molecule has 0 aliphatic carbocycles. The summed E-state index contributed by atoms with van der Waals surface area (Å²) >= 11 is 0. The Balaban J connectivity index is 2.10. The quantitative estimate of drug-likeness (QED) is 0.848. The van der Waals surface area contributed by atoms with Gasteiger partial charge in [-0.1, -0.05) is 30.3 Å². The van der Waals surface area contributed by atoms with Crippen LogP contribution >= 0.6 is 0 Å². The lowest BCUT2D eigenvalue weighted by Gasteiger charge is -2.18. The molecule has 0 saturated carbocycles. The van der Waals surface area contributed by atoms with Gasteiger partial charge in [-0.2, -0.15) is 0 Å². The van der Waals surface area contributed by atoms with Crippen LogP contribution in [0.25, 0.3) is 0 Å². The zero-order valence-corrected chi connectivity index (χ0v) is 10.3. The number of aliphatic hydroxyl groups excluding tert-OH is 1. The van der Waals surface area contributed by atoms with Gasteiger partial charge in [0.05, 0.1) is 19.8 Å². The van der Waals surface area contributed by atoms with Crippen LogP contribution in [0, 0.1) is 0 Å². The first-order valence-electron chi connectivity index (χ1n) is 5.90. The number of methoxy groups -OCH3 is 1. The topological polar surface area (TPSA) is 41.5 Å². The molecule has 0 bridgehead atoms. The molecule has 0 amide bonds. The van der Waals surface area contributed by atoms with Crippen LogP contribution in [0.5, 0.6) is 5.75 Å². The molecular weight excluding hydrogens is 226 g/mol. The molecule has 0 heterocycles. The Morgan fingerprint density at radius 1 is 1.06 bits per heavy atom. The molecule has 2 aromatic carbocycles. The summed E-state index contributed by atoms with van der Waals surface area (Å²) in [7, 11) is 1.64. The van der Waals surface area contributed by atoms with E-state index in [1.54, 1.807) is 7.11 Å². The third-order valence-corrected chi connectivity index (χ3v) is 2.82. The Labute approximate surface area is 107 Å². The molecule has 0 unspecified atom stereocenters. The smallest absolute Gasteiger partial charge is 0.119 e. The van der Waals surface area contributed by atoms with E-state index in [0.29, 0.717) is 0 Å². The van der Waals surface area contributed by atoms with Crippen molar-refractivity contribution in [3.8, 4) is 5.75 Å². The van der Waals surface area contributed by atoms with Crippen molar-refractivity contribution in [2.45, 2.75) is 6.04 Å². The van der Waals surface area contributed by atoms with E-state index in [9.17, 15) is 5.11 Å². The second-order valence-electron chi connectivity index (χ2n) is 4.02. The Kier molecular flexibility index (Phi) is 4.20. The molecule has 2 rings (SSSR count). The monoisotopic (exact) mass is 243 g/mol. The van der Waals surface area contributed by atoms with Gasteiger partial charge >= 0.3 is 0 Å². The van der Waals surface area contributed by atoms with Crippen LogP contribution in [-0.2, 0) is 0 Å². The van der Waals surface area contributed by atoms with Gasteiger partial charge in [-0.05, 0) is 29.8 Å². The van der Waals surface area contributed by atoms with E-state index in [4.69, 9.17) is 4.74 Å². The van der Waals surface area contributed by atoms with Crippen molar-refractivity contribution < 1.29 is 9.84 Å². The van der Waals surface area contributed by atoms with Crippen molar-refractivity contribution in [1.29, 1.82) is 0 Å². The van der Waals surface area contributed by atoms with Crippen LogP contribution in [0.4, 0.5) is 5.69 Å². The summed E-state index contributed by atoms with van der Waals surface area (Å²) in [6.07, 6.45) is 0. The van der Waals surface area contributed by atoms with Crippen LogP contribution in [0.2, 0.25) is 0 Å². The van der Waals surface area contributed by atoms with Crippen LogP contribution in [0.3, 0.4) is 0 Å². The number of hydrogen-bond acceptors (Lipinski definition) is 3. The predicted octanol–water partition coefficient (Wildman–Crippen LogP) is 2.84. The molecule has 3 heteroatoms. The minimum Gasteiger partial charge on any atom is -0.497 e. The average molecular weight is 243 g/mol. The van der Waals surface area contributed by atoms with E-state index in [-0.39, 0.29) is 12.6 Å². The first-order chi connectivity index (χ1) is 8.83. The molecule has 94 valence electrons. The van der Waals surface area contributed by atoms with E-state index in [0.717, 1.165) is 17.0 Å². The van der Waals surface area contributed by atoms with Gasteiger partial charge in [-0.25, -0.2) is 0 Å². The largest absolute Gasteiger partial charge is 0.497 e. The summed E-state index contributed by atoms with van der Waals surface area (Å²) in [6, 6.07) is 17.4. The predicted molar refractivity (Wildman–Crippen MR) is 72.9 cm³/mol. The first-order valence-corrected chi connectivity index (χ1v) is 5.90. The van der Waals surface area contributed by atoms with Crippen LogP contribution in [0.15, 0.2) is 54.6 Å². The summed E-state index contributed by atoms with van der Waals surface area (Å²) in [6.45, 7) is 0.0516. The van der Waals surface area contributed by atoms with E-state index in [1.807, 2.05) is 54.6 Å². The molecular formula is C15H17NO2. The fraction of sp³-hybridized carbons (Fsp3) is 0.200. The average Bonchev–Trinajstić information content (AvgIpc) is 2.46. The number of hydrogen-bond donors (Lipinski definition) is 2. The third-order valence-electron chi connectivity index (χ3n) is 2.82. The van der Waals surface area contributed by atoms with Gasteiger partial charge in [0.25, 0.3) is 0 Å². The zero-order valence-electron chi connectivity index (χ0n) is 10.3. The Hall–Kier alpha value is -2.00. The maximum Gasteiger partial charge on any atom is 0.119 e. The van der Waals surface area contributed by atoms with Gasteiger partial charge in [0.15, 0.2) is 0 Å². The summed E-state index contributed by atoms with van der Waals surface area (Å²) in [5.74, 6) is 0.820. The second kappa shape index (κ2) is 6.07. The number of rotatable bonds is 5. The van der Waals surface area contributed by atoms with E-state index < -0.39 is 0 Å². The first kappa shape index (κ1) is 12.5. The summed E-state index contributed by atoms with van der Waals surface area (Å²) in [5.41, 5.74) is 2.02. The molecule has 0 aromatic heterocycles. The molecule has 2 N–H and O–H groups in total. The minimum atomic E-state index is -0.0976. The second-order valence-corrected chi connectivity index (χ2v) is 4.02. The SMILES string of the molecule is COc1ccc(N[C@@H](CO)c2ccccc2)cc1. The highest BCUT2D eigenvalue weighted by Gasteiger charge is 2.09. The lowest BCUT2D eigenvalue weighted by Crippen LogP contribution is -2.14. The van der Waals surface area contributed by atoms with Crippen molar-refractivity contribution in [3.05, 3.63) is 60.2 Å². The van der Waals surface area contributed by atoms with Gasteiger partial charge in [-0.3, -0.25) is 0 Å². The van der Waals surface area contributed by atoms with Gasteiger partial charge in [-0.15, -0.1) is 0 Å². The fourth-order valence-corrected chi connectivity index (χ4v) is 1.81. The highest BCUT2D eigenvalue weighted by molar-refractivity contribution is 5.48. The maximum absolute atomic E-state index is 9.45. The van der Waals surface area contributed by atoms with Crippen molar-refractivity contribution in [3.63, 3.8) is 0 Å². The van der Waals surface area contributed by atoms with Crippen molar-refractivity contribution in [2.75, 3.05) is 19.0 Å². The summed E-state index contributed by atoms with van der Waals surface area (Å²) in [4.78, 5) is 0. The molecule has 0 spiro atoms. The van der Waals surface area contributed by atoms with Crippen molar-refractivity contribution in [1.82, 2.24) is 0 Å². The Morgan fingerprint density at radius 3 is 2.28 bits per heavy atom. The summed E-state index contributed by atoms with van der Waals surface area (Å²) in [5, 5.41) is 12.7. The minimum absolute atomic E-state index is 0.0516. The Morgan fingerprint density at radius 2 is 1.72 bits per heavy atom. The standard InChI is InChI=1S/C15H17NO2/c1-18-14-9-7-13(8-10-14)16-15(11-17)12-5-3-2-4-6-12/h2-10,15-17H,11H2,1H3/t15-/m0/s1. The molecule has 1 atom stereocenters. The lowest BCUT2D eigenvalue weighted by molar-refractivity contribution is 0.276. The van der Waals surface area contributed by atoms with E-state index in [2.05, 4.69) is 5.32 Å². The van der Waals surface area contributed by atoms with Gasteiger partial charge in [0.1, 0.15) is 5.75 Å². The molecule has 0 radical (unpaired) electrons. The fourth-order valence-electron chi connectivity index (χ4n) is 1.81. The number of aliphatic hydroxyl groups is 1. The molecule has 2 aromatic rings. The number of benzene rings is 2. The Bertz CT molecular complexity index is 468. The van der Waals surface area contributed by atoms with Crippen LogP contribution in [0.1, 0.15) is 11.6 Å². The van der Waals surface area contributed by atoms with Crippen molar-refractivity contribution >= 4 is 5.69 Å². The number of anilines is 1. The lowest BCUT2D eigenvalue weighted by atomic mass is 10.1. The normalized spacial score (nSPS) is 11.9. The van der Waals surface area contributed by atoms with Gasteiger partial charge in [0, 0.05) is 5.69 Å². The highest BCUT2D eigenvalue weighted by atomic mass is 16.5. The molecule has 0 aliphatic heterocycles. The molecule has 0 saturated heterocycles. The molecule has 0 fully saturated rings.